The number of aromatic nitrogens is 1. The highest BCUT2D eigenvalue weighted by Crippen LogP contribution is 2.15. The minimum absolute atomic E-state index is 0.240. The first-order valence-corrected chi connectivity index (χ1v) is 5.67. The van der Waals surface area contributed by atoms with Gasteiger partial charge in [-0.25, -0.2) is 0 Å². The summed E-state index contributed by atoms with van der Waals surface area (Å²) < 4.78 is 0. The number of hydrogen-bond acceptors (Lipinski definition) is 1. The second-order valence-corrected chi connectivity index (χ2v) is 4.59. The van der Waals surface area contributed by atoms with Crippen molar-refractivity contribution in [3.05, 3.63) is 42.1 Å². The van der Waals surface area contributed by atoms with Crippen molar-refractivity contribution in [2.24, 2.45) is 0 Å². The number of hydrogen-bond donors (Lipinski definition) is 0. The first-order valence-electron chi connectivity index (χ1n) is 5.23. The highest BCUT2D eigenvalue weighted by Gasteiger charge is 2.00. The number of pyridine rings is 1. The molecule has 0 aliphatic heterocycles. The summed E-state index contributed by atoms with van der Waals surface area (Å²) in [5.74, 6) is 0. The molecule has 1 unspecified atom stereocenters. The molecule has 1 aromatic carbocycles. The van der Waals surface area contributed by atoms with E-state index in [1.165, 1.54) is 10.9 Å². The van der Waals surface area contributed by atoms with Crippen LogP contribution < -0.4 is 0 Å². The fourth-order valence-corrected chi connectivity index (χ4v) is 1.74. The summed E-state index contributed by atoms with van der Waals surface area (Å²) in [6.45, 7) is 2.03. The van der Waals surface area contributed by atoms with Crippen molar-refractivity contribution < 1.29 is 0 Å². The van der Waals surface area contributed by atoms with E-state index in [0.717, 1.165) is 18.4 Å². The molecule has 15 heavy (non-hydrogen) atoms. The fourth-order valence-electron chi connectivity index (χ4n) is 1.63. The molecule has 0 saturated heterocycles. The van der Waals surface area contributed by atoms with E-state index < -0.39 is 0 Å². The molecule has 0 saturated carbocycles. The SMILES string of the molecule is CC(Cl)CCc1ccc2cccnc2c1. The van der Waals surface area contributed by atoms with Crippen molar-refractivity contribution in [2.45, 2.75) is 25.1 Å². The number of rotatable bonds is 3. The normalized spacial score (nSPS) is 12.9. The molecule has 0 fully saturated rings. The topological polar surface area (TPSA) is 12.9 Å². The minimum atomic E-state index is 0.240. The van der Waals surface area contributed by atoms with Gasteiger partial charge in [-0.2, -0.15) is 0 Å². The number of fused-ring (bicyclic) bond motifs is 1. The lowest BCUT2D eigenvalue weighted by atomic mass is 10.1. The van der Waals surface area contributed by atoms with E-state index in [-0.39, 0.29) is 5.38 Å². The number of benzene rings is 1. The van der Waals surface area contributed by atoms with Crippen LogP contribution in [-0.4, -0.2) is 10.4 Å². The lowest BCUT2D eigenvalue weighted by Crippen LogP contribution is -1.94. The van der Waals surface area contributed by atoms with Gasteiger partial charge in [-0.3, -0.25) is 4.98 Å². The average Bonchev–Trinajstić information content (AvgIpc) is 2.26. The van der Waals surface area contributed by atoms with Crippen molar-refractivity contribution in [1.82, 2.24) is 4.98 Å². The summed E-state index contributed by atoms with van der Waals surface area (Å²) >= 11 is 5.93. The highest BCUT2D eigenvalue weighted by atomic mass is 35.5. The zero-order valence-corrected chi connectivity index (χ0v) is 9.54. The second kappa shape index (κ2) is 4.63. The third kappa shape index (κ3) is 2.69. The predicted octanol–water partition coefficient (Wildman–Crippen LogP) is 3.79. The van der Waals surface area contributed by atoms with Crippen molar-refractivity contribution >= 4 is 22.5 Å². The van der Waals surface area contributed by atoms with Gasteiger partial charge >= 0.3 is 0 Å². The number of nitrogens with zero attached hydrogens (tertiary/aromatic N) is 1. The van der Waals surface area contributed by atoms with E-state index in [0.29, 0.717) is 0 Å². The minimum Gasteiger partial charge on any atom is -0.256 e. The molecule has 1 atom stereocenters. The summed E-state index contributed by atoms with van der Waals surface area (Å²) in [6.07, 6.45) is 3.87. The van der Waals surface area contributed by atoms with Gasteiger partial charge in [0, 0.05) is 17.0 Å². The van der Waals surface area contributed by atoms with Crippen LogP contribution >= 0.6 is 11.6 Å². The van der Waals surface area contributed by atoms with Crippen LogP contribution in [0.15, 0.2) is 36.5 Å². The Labute approximate surface area is 95.1 Å². The van der Waals surface area contributed by atoms with Crippen LogP contribution in [0.1, 0.15) is 18.9 Å². The summed E-state index contributed by atoms with van der Waals surface area (Å²) in [7, 11) is 0. The smallest absolute Gasteiger partial charge is 0.0704 e. The molecule has 0 spiro atoms. The first-order chi connectivity index (χ1) is 7.25. The van der Waals surface area contributed by atoms with Crippen LogP contribution in [0.4, 0.5) is 0 Å². The van der Waals surface area contributed by atoms with E-state index in [4.69, 9.17) is 11.6 Å². The maximum absolute atomic E-state index is 5.93. The van der Waals surface area contributed by atoms with E-state index in [1.54, 1.807) is 0 Å². The molecule has 0 aliphatic carbocycles. The van der Waals surface area contributed by atoms with E-state index in [9.17, 15) is 0 Å². The van der Waals surface area contributed by atoms with Crippen LogP contribution in [0.3, 0.4) is 0 Å². The molecular weight excluding hydrogens is 206 g/mol. The third-order valence-electron chi connectivity index (χ3n) is 2.50. The Morgan fingerprint density at radius 2 is 2.20 bits per heavy atom. The Hall–Kier alpha value is -1.08. The molecule has 1 heterocycles. The number of aryl methyl sites for hydroxylation is 1. The summed E-state index contributed by atoms with van der Waals surface area (Å²) in [6, 6.07) is 10.5. The van der Waals surface area contributed by atoms with Gasteiger partial charge in [0.15, 0.2) is 0 Å². The molecule has 0 amide bonds. The second-order valence-electron chi connectivity index (χ2n) is 3.85. The maximum Gasteiger partial charge on any atom is 0.0704 e. The van der Waals surface area contributed by atoms with E-state index in [2.05, 4.69) is 29.2 Å². The van der Waals surface area contributed by atoms with Gasteiger partial charge in [-0.15, -0.1) is 11.6 Å². The molecule has 0 N–H and O–H groups in total. The van der Waals surface area contributed by atoms with Gasteiger partial charge in [0.1, 0.15) is 0 Å². The molecule has 1 aromatic heterocycles. The number of alkyl halides is 1. The van der Waals surface area contributed by atoms with E-state index >= 15 is 0 Å². The Morgan fingerprint density at radius 1 is 1.33 bits per heavy atom. The maximum atomic E-state index is 5.93. The molecular formula is C13H14ClN. The van der Waals surface area contributed by atoms with Gasteiger partial charge in [-0.05, 0) is 37.5 Å². The molecule has 2 heteroatoms. The van der Waals surface area contributed by atoms with Gasteiger partial charge < -0.3 is 0 Å². The fraction of sp³-hybridized carbons (Fsp3) is 0.308. The number of halogens is 1. The van der Waals surface area contributed by atoms with Crippen LogP contribution in [0, 0.1) is 0 Å². The van der Waals surface area contributed by atoms with Crippen molar-refractivity contribution in [1.29, 1.82) is 0 Å². The Kier molecular flexibility index (Phi) is 3.22. The Balaban J connectivity index is 2.23. The molecule has 1 nitrogen and oxygen atoms in total. The largest absolute Gasteiger partial charge is 0.256 e. The van der Waals surface area contributed by atoms with Crippen molar-refractivity contribution in [3.8, 4) is 0 Å². The molecule has 2 aromatic rings. The van der Waals surface area contributed by atoms with Crippen molar-refractivity contribution in [2.75, 3.05) is 0 Å². The van der Waals surface area contributed by atoms with Crippen LogP contribution in [0.25, 0.3) is 10.9 Å². The Morgan fingerprint density at radius 3 is 3.00 bits per heavy atom. The Bertz CT molecular complexity index is 451. The van der Waals surface area contributed by atoms with Crippen LogP contribution in [0.5, 0.6) is 0 Å². The summed E-state index contributed by atoms with van der Waals surface area (Å²) in [5, 5.41) is 1.43. The predicted molar refractivity (Wildman–Crippen MR) is 65.4 cm³/mol. The van der Waals surface area contributed by atoms with Gasteiger partial charge in [0.2, 0.25) is 0 Å². The van der Waals surface area contributed by atoms with Crippen molar-refractivity contribution in [3.63, 3.8) is 0 Å². The quantitative estimate of drug-likeness (QED) is 0.716. The molecule has 0 bridgehead atoms. The summed E-state index contributed by atoms with van der Waals surface area (Å²) in [5.41, 5.74) is 2.38. The van der Waals surface area contributed by atoms with Crippen LogP contribution in [0.2, 0.25) is 0 Å². The highest BCUT2D eigenvalue weighted by molar-refractivity contribution is 6.20. The standard InChI is InChI=1S/C13H14ClN/c1-10(14)4-5-11-6-7-12-3-2-8-15-13(12)9-11/h2-3,6-10H,4-5H2,1H3. The summed E-state index contributed by atoms with van der Waals surface area (Å²) in [4.78, 5) is 4.34. The first kappa shape index (κ1) is 10.4. The zero-order valence-electron chi connectivity index (χ0n) is 8.78. The monoisotopic (exact) mass is 219 g/mol. The van der Waals surface area contributed by atoms with E-state index in [1.807, 2.05) is 19.2 Å². The van der Waals surface area contributed by atoms with Gasteiger partial charge in [0.25, 0.3) is 0 Å². The molecule has 0 aliphatic rings. The van der Waals surface area contributed by atoms with Gasteiger partial charge in [-0.1, -0.05) is 18.2 Å². The van der Waals surface area contributed by atoms with Crippen LogP contribution in [-0.2, 0) is 6.42 Å². The zero-order chi connectivity index (χ0) is 10.7. The van der Waals surface area contributed by atoms with Gasteiger partial charge in [0.05, 0.1) is 5.52 Å². The molecule has 2 rings (SSSR count). The lowest BCUT2D eigenvalue weighted by Gasteiger charge is -2.04. The third-order valence-corrected chi connectivity index (χ3v) is 2.72. The lowest BCUT2D eigenvalue weighted by molar-refractivity contribution is 0.804. The molecule has 0 radical (unpaired) electrons. The average molecular weight is 220 g/mol. The molecule has 78 valence electrons.